The Kier molecular flexibility index (Phi) is 3.87. The molecule has 0 aliphatic rings. The molecular formula is C13H10Cl2FN. The van der Waals surface area contributed by atoms with E-state index >= 15 is 0 Å². The van der Waals surface area contributed by atoms with Gasteiger partial charge in [-0.1, -0.05) is 23.2 Å². The smallest absolute Gasteiger partial charge is 0.123 e. The molecular weight excluding hydrogens is 260 g/mol. The Morgan fingerprint density at radius 3 is 2.41 bits per heavy atom. The highest BCUT2D eigenvalue weighted by atomic mass is 35.5. The second kappa shape index (κ2) is 5.39. The summed E-state index contributed by atoms with van der Waals surface area (Å²) >= 11 is 11.7. The van der Waals surface area contributed by atoms with Crippen LogP contribution in [0.4, 0.5) is 10.1 Å². The molecule has 4 heteroatoms. The quantitative estimate of drug-likeness (QED) is 0.849. The van der Waals surface area contributed by atoms with Gasteiger partial charge < -0.3 is 5.32 Å². The van der Waals surface area contributed by atoms with Crippen LogP contribution < -0.4 is 5.32 Å². The number of halogens is 3. The summed E-state index contributed by atoms with van der Waals surface area (Å²) < 4.78 is 13.0. The number of benzene rings is 2. The summed E-state index contributed by atoms with van der Waals surface area (Å²) in [6.07, 6.45) is 0. The average molecular weight is 270 g/mol. The van der Waals surface area contributed by atoms with Gasteiger partial charge in [-0.25, -0.2) is 4.39 Å². The standard InChI is InChI=1S/C13H10Cl2FN/c14-10-1-4-12(5-2-10)17-8-9-7-11(16)3-6-13(9)15/h1-7,17H,8H2. The van der Waals surface area contributed by atoms with Crippen LogP contribution in [0.1, 0.15) is 5.56 Å². The van der Waals surface area contributed by atoms with Gasteiger partial charge >= 0.3 is 0 Å². The molecule has 2 rings (SSSR count). The zero-order valence-electron chi connectivity index (χ0n) is 8.88. The first kappa shape index (κ1) is 12.2. The predicted octanol–water partition coefficient (Wildman–Crippen LogP) is 4.74. The maximum absolute atomic E-state index is 13.0. The summed E-state index contributed by atoms with van der Waals surface area (Å²) in [5, 5.41) is 4.38. The van der Waals surface area contributed by atoms with E-state index < -0.39 is 0 Å². The van der Waals surface area contributed by atoms with Gasteiger partial charge in [0.25, 0.3) is 0 Å². The summed E-state index contributed by atoms with van der Waals surface area (Å²) in [5.41, 5.74) is 1.64. The molecule has 0 aromatic heterocycles. The zero-order valence-corrected chi connectivity index (χ0v) is 10.4. The lowest BCUT2D eigenvalue weighted by molar-refractivity contribution is 0.626. The second-order valence-corrected chi connectivity index (χ2v) is 4.44. The van der Waals surface area contributed by atoms with E-state index in [0.29, 0.717) is 16.6 Å². The van der Waals surface area contributed by atoms with E-state index in [-0.39, 0.29) is 5.82 Å². The van der Waals surface area contributed by atoms with Gasteiger partial charge in [0, 0.05) is 22.3 Å². The summed E-state index contributed by atoms with van der Waals surface area (Å²) in [6.45, 7) is 0.470. The summed E-state index contributed by atoms with van der Waals surface area (Å²) in [5.74, 6) is -0.290. The lowest BCUT2D eigenvalue weighted by atomic mass is 10.2. The Balaban J connectivity index is 2.07. The van der Waals surface area contributed by atoms with E-state index in [0.717, 1.165) is 11.3 Å². The van der Waals surface area contributed by atoms with Crippen molar-refractivity contribution in [3.8, 4) is 0 Å². The molecule has 0 heterocycles. The molecule has 0 aliphatic carbocycles. The molecule has 0 spiro atoms. The fraction of sp³-hybridized carbons (Fsp3) is 0.0769. The molecule has 2 aromatic rings. The van der Waals surface area contributed by atoms with E-state index in [9.17, 15) is 4.39 Å². The lowest BCUT2D eigenvalue weighted by Crippen LogP contribution is -2.00. The van der Waals surface area contributed by atoms with Crippen molar-refractivity contribution in [1.29, 1.82) is 0 Å². The third kappa shape index (κ3) is 3.35. The first-order chi connectivity index (χ1) is 8.15. The van der Waals surface area contributed by atoms with Crippen molar-refractivity contribution in [3.05, 3.63) is 63.9 Å². The zero-order chi connectivity index (χ0) is 12.3. The predicted molar refractivity (Wildman–Crippen MR) is 70.2 cm³/mol. The van der Waals surface area contributed by atoms with Crippen LogP contribution >= 0.6 is 23.2 Å². The molecule has 2 aromatic carbocycles. The van der Waals surface area contributed by atoms with Crippen molar-refractivity contribution in [2.45, 2.75) is 6.54 Å². The van der Waals surface area contributed by atoms with Crippen molar-refractivity contribution in [2.24, 2.45) is 0 Å². The third-order valence-corrected chi connectivity index (χ3v) is 2.96. The van der Waals surface area contributed by atoms with E-state index in [1.54, 1.807) is 18.2 Å². The highest BCUT2D eigenvalue weighted by Gasteiger charge is 2.02. The third-order valence-electron chi connectivity index (χ3n) is 2.33. The number of nitrogens with one attached hydrogen (secondary N) is 1. The lowest BCUT2D eigenvalue weighted by Gasteiger charge is -2.08. The Labute approximate surface area is 109 Å². The molecule has 0 atom stereocenters. The van der Waals surface area contributed by atoms with Gasteiger partial charge in [0.15, 0.2) is 0 Å². The SMILES string of the molecule is Fc1ccc(Cl)c(CNc2ccc(Cl)cc2)c1. The number of hydrogen-bond acceptors (Lipinski definition) is 1. The summed E-state index contributed by atoms with van der Waals surface area (Å²) in [4.78, 5) is 0. The van der Waals surface area contributed by atoms with Gasteiger partial charge in [-0.3, -0.25) is 0 Å². The van der Waals surface area contributed by atoms with Crippen molar-refractivity contribution in [3.63, 3.8) is 0 Å². The van der Waals surface area contributed by atoms with Crippen LogP contribution in [0.15, 0.2) is 42.5 Å². The van der Waals surface area contributed by atoms with Crippen molar-refractivity contribution < 1.29 is 4.39 Å². The van der Waals surface area contributed by atoms with E-state index in [1.807, 2.05) is 12.1 Å². The second-order valence-electron chi connectivity index (χ2n) is 3.60. The highest BCUT2D eigenvalue weighted by Crippen LogP contribution is 2.19. The van der Waals surface area contributed by atoms with Crippen molar-refractivity contribution in [2.75, 3.05) is 5.32 Å². The molecule has 0 aliphatic heterocycles. The van der Waals surface area contributed by atoms with E-state index in [4.69, 9.17) is 23.2 Å². The molecule has 0 amide bonds. The summed E-state index contributed by atoms with van der Waals surface area (Å²) in [6, 6.07) is 11.6. The van der Waals surface area contributed by atoms with Crippen molar-refractivity contribution in [1.82, 2.24) is 0 Å². The number of rotatable bonds is 3. The minimum atomic E-state index is -0.290. The largest absolute Gasteiger partial charge is 0.381 e. The minimum absolute atomic E-state index is 0.290. The average Bonchev–Trinajstić information content (AvgIpc) is 2.32. The van der Waals surface area contributed by atoms with Gasteiger partial charge in [0.1, 0.15) is 5.82 Å². The fourth-order valence-electron chi connectivity index (χ4n) is 1.44. The number of anilines is 1. The molecule has 0 bridgehead atoms. The first-order valence-corrected chi connectivity index (χ1v) is 5.84. The van der Waals surface area contributed by atoms with E-state index in [1.165, 1.54) is 12.1 Å². The molecule has 0 saturated carbocycles. The van der Waals surface area contributed by atoms with Crippen LogP contribution in [0.3, 0.4) is 0 Å². The molecule has 0 unspecified atom stereocenters. The molecule has 0 saturated heterocycles. The molecule has 1 N–H and O–H groups in total. The van der Waals surface area contributed by atoms with Gasteiger partial charge in [-0.15, -0.1) is 0 Å². The van der Waals surface area contributed by atoms with Crippen LogP contribution in [0, 0.1) is 5.82 Å². The first-order valence-electron chi connectivity index (χ1n) is 5.08. The molecule has 0 fully saturated rings. The van der Waals surface area contributed by atoms with Crippen LogP contribution in [0.25, 0.3) is 0 Å². The van der Waals surface area contributed by atoms with Crippen LogP contribution in [-0.2, 0) is 6.54 Å². The minimum Gasteiger partial charge on any atom is -0.381 e. The monoisotopic (exact) mass is 269 g/mol. The van der Waals surface area contributed by atoms with Gasteiger partial charge in [-0.2, -0.15) is 0 Å². The Hall–Kier alpha value is -1.25. The van der Waals surface area contributed by atoms with Gasteiger partial charge in [-0.05, 0) is 48.0 Å². The van der Waals surface area contributed by atoms with Crippen LogP contribution in [0.5, 0.6) is 0 Å². The molecule has 17 heavy (non-hydrogen) atoms. The van der Waals surface area contributed by atoms with Gasteiger partial charge in [0.05, 0.1) is 0 Å². The topological polar surface area (TPSA) is 12.0 Å². The summed E-state index contributed by atoms with van der Waals surface area (Å²) in [7, 11) is 0. The van der Waals surface area contributed by atoms with Gasteiger partial charge in [0.2, 0.25) is 0 Å². The molecule has 0 radical (unpaired) electrons. The maximum atomic E-state index is 13.0. The number of hydrogen-bond donors (Lipinski definition) is 1. The molecule has 1 nitrogen and oxygen atoms in total. The van der Waals surface area contributed by atoms with Crippen LogP contribution in [0.2, 0.25) is 10.0 Å². The van der Waals surface area contributed by atoms with E-state index in [2.05, 4.69) is 5.32 Å². The van der Waals surface area contributed by atoms with Crippen molar-refractivity contribution >= 4 is 28.9 Å². The Morgan fingerprint density at radius 2 is 1.71 bits per heavy atom. The normalized spacial score (nSPS) is 10.3. The Bertz CT molecular complexity index is 511. The van der Waals surface area contributed by atoms with Crippen LogP contribution in [-0.4, -0.2) is 0 Å². The molecule has 88 valence electrons. The highest BCUT2D eigenvalue weighted by molar-refractivity contribution is 6.31. The Morgan fingerprint density at radius 1 is 1.00 bits per heavy atom. The fourth-order valence-corrected chi connectivity index (χ4v) is 1.75. The maximum Gasteiger partial charge on any atom is 0.123 e.